The van der Waals surface area contributed by atoms with Crippen LogP contribution in [-0.4, -0.2) is 20.7 Å². The van der Waals surface area contributed by atoms with Crippen LogP contribution < -0.4 is 5.32 Å². The van der Waals surface area contributed by atoms with Gasteiger partial charge in [-0.1, -0.05) is 0 Å². The van der Waals surface area contributed by atoms with E-state index in [0.29, 0.717) is 16.7 Å². The van der Waals surface area contributed by atoms with Crippen molar-refractivity contribution >= 4 is 27.5 Å². The number of halogens is 2. The Bertz CT molecular complexity index is 544. The number of amides is 1. The minimum Gasteiger partial charge on any atom is -0.326 e. The van der Waals surface area contributed by atoms with Crippen LogP contribution in [0, 0.1) is 5.82 Å². The van der Waals surface area contributed by atoms with Gasteiger partial charge in [0.25, 0.3) is 0 Å². The average molecular weight is 313 g/mol. The monoisotopic (exact) mass is 312 g/mol. The molecule has 1 aromatic carbocycles. The molecule has 2 aromatic rings. The highest BCUT2D eigenvalue weighted by Crippen LogP contribution is 2.19. The van der Waals surface area contributed by atoms with Crippen LogP contribution in [0.3, 0.4) is 0 Å². The van der Waals surface area contributed by atoms with Gasteiger partial charge in [-0.2, -0.15) is 5.10 Å². The Hall–Kier alpha value is -1.76. The SMILES string of the molecule is O=C(CCn1cncn1)Nc1ccc(Br)c(F)c1. The molecule has 94 valence electrons. The summed E-state index contributed by atoms with van der Waals surface area (Å²) in [6, 6.07) is 4.43. The highest BCUT2D eigenvalue weighted by atomic mass is 79.9. The van der Waals surface area contributed by atoms with Crippen LogP contribution in [0.5, 0.6) is 0 Å². The van der Waals surface area contributed by atoms with E-state index in [1.165, 1.54) is 18.7 Å². The third-order valence-electron chi connectivity index (χ3n) is 2.24. The highest BCUT2D eigenvalue weighted by molar-refractivity contribution is 9.10. The summed E-state index contributed by atoms with van der Waals surface area (Å²) in [4.78, 5) is 15.4. The summed E-state index contributed by atoms with van der Waals surface area (Å²) < 4.78 is 15.1. The van der Waals surface area contributed by atoms with E-state index >= 15 is 0 Å². The molecule has 0 bridgehead atoms. The predicted molar refractivity (Wildman–Crippen MR) is 67.4 cm³/mol. The number of rotatable bonds is 4. The van der Waals surface area contributed by atoms with Crippen molar-refractivity contribution in [1.29, 1.82) is 0 Å². The molecule has 18 heavy (non-hydrogen) atoms. The number of benzene rings is 1. The highest BCUT2D eigenvalue weighted by Gasteiger charge is 2.05. The third-order valence-corrected chi connectivity index (χ3v) is 2.88. The van der Waals surface area contributed by atoms with Crippen molar-refractivity contribution in [1.82, 2.24) is 14.8 Å². The Kier molecular flexibility index (Phi) is 4.03. The molecule has 0 fully saturated rings. The van der Waals surface area contributed by atoms with E-state index in [1.807, 2.05) is 0 Å². The smallest absolute Gasteiger partial charge is 0.226 e. The number of anilines is 1. The zero-order chi connectivity index (χ0) is 13.0. The number of hydrogen-bond donors (Lipinski definition) is 1. The molecule has 0 unspecified atom stereocenters. The molecule has 7 heteroatoms. The molecular weight excluding hydrogens is 303 g/mol. The van der Waals surface area contributed by atoms with Gasteiger partial charge in [0.15, 0.2) is 0 Å². The largest absolute Gasteiger partial charge is 0.326 e. The number of aromatic nitrogens is 3. The topological polar surface area (TPSA) is 59.8 Å². The van der Waals surface area contributed by atoms with Gasteiger partial charge in [-0.15, -0.1) is 0 Å². The molecule has 1 N–H and O–H groups in total. The molecule has 0 aliphatic carbocycles. The minimum atomic E-state index is -0.413. The Balaban J connectivity index is 1.88. The molecule has 1 aromatic heterocycles. The fraction of sp³-hybridized carbons (Fsp3) is 0.182. The normalized spacial score (nSPS) is 10.3. The summed E-state index contributed by atoms with van der Waals surface area (Å²) in [5.41, 5.74) is 0.430. The van der Waals surface area contributed by atoms with Crippen molar-refractivity contribution in [3.05, 3.63) is 41.1 Å². The summed E-state index contributed by atoms with van der Waals surface area (Å²) >= 11 is 3.05. The van der Waals surface area contributed by atoms with Crippen LogP contribution in [0.2, 0.25) is 0 Å². The van der Waals surface area contributed by atoms with Gasteiger partial charge >= 0.3 is 0 Å². The van der Waals surface area contributed by atoms with E-state index in [0.717, 1.165) is 0 Å². The van der Waals surface area contributed by atoms with Crippen molar-refractivity contribution in [3.8, 4) is 0 Å². The van der Waals surface area contributed by atoms with Crippen LogP contribution in [0.1, 0.15) is 6.42 Å². The molecule has 1 amide bonds. The Morgan fingerprint density at radius 1 is 1.50 bits per heavy atom. The Labute approximate surface area is 111 Å². The third kappa shape index (κ3) is 3.36. The van der Waals surface area contributed by atoms with E-state index in [-0.39, 0.29) is 12.3 Å². The van der Waals surface area contributed by atoms with Crippen molar-refractivity contribution in [2.75, 3.05) is 5.32 Å². The average Bonchev–Trinajstić information content (AvgIpc) is 2.84. The van der Waals surface area contributed by atoms with Gasteiger partial charge in [0.1, 0.15) is 18.5 Å². The van der Waals surface area contributed by atoms with Crippen molar-refractivity contribution in [2.24, 2.45) is 0 Å². The molecule has 5 nitrogen and oxygen atoms in total. The molecule has 0 saturated heterocycles. The van der Waals surface area contributed by atoms with Crippen LogP contribution in [0.25, 0.3) is 0 Å². The van der Waals surface area contributed by atoms with Crippen molar-refractivity contribution in [2.45, 2.75) is 13.0 Å². The van der Waals surface area contributed by atoms with Gasteiger partial charge in [0.05, 0.1) is 11.0 Å². The first-order chi connectivity index (χ1) is 8.65. The van der Waals surface area contributed by atoms with E-state index < -0.39 is 5.82 Å². The lowest BCUT2D eigenvalue weighted by atomic mass is 10.3. The number of carbonyl (C=O) groups excluding carboxylic acids is 1. The maximum atomic E-state index is 13.2. The van der Waals surface area contributed by atoms with E-state index in [4.69, 9.17) is 0 Å². The number of carbonyl (C=O) groups is 1. The molecule has 0 aliphatic heterocycles. The molecule has 0 radical (unpaired) electrons. The molecule has 1 heterocycles. The van der Waals surface area contributed by atoms with Gasteiger partial charge in [-0.25, -0.2) is 9.37 Å². The van der Waals surface area contributed by atoms with Crippen LogP contribution in [0.4, 0.5) is 10.1 Å². The van der Waals surface area contributed by atoms with Crippen LogP contribution in [0.15, 0.2) is 35.3 Å². The lowest BCUT2D eigenvalue weighted by Crippen LogP contribution is -2.14. The summed E-state index contributed by atoms with van der Waals surface area (Å²) in [5.74, 6) is -0.615. The first kappa shape index (κ1) is 12.7. The van der Waals surface area contributed by atoms with Gasteiger partial charge in [-0.3, -0.25) is 9.48 Å². The van der Waals surface area contributed by atoms with Gasteiger partial charge < -0.3 is 5.32 Å². The zero-order valence-corrected chi connectivity index (χ0v) is 10.9. The number of nitrogens with one attached hydrogen (secondary N) is 1. The van der Waals surface area contributed by atoms with Gasteiger partial charge in [0, 0.05) is 12.1 Å². The number of nitrogens with zero attached hydrogens (tertiary/aromatic N) is 3. The summed E-state index contributed by atoms with van der Waals surface area (Å²) in [5, 5.41) is 6.49. The van der Waals surface area contributed by atoms with E-state index in [1.54, 1.807) is 16.8 Å². The summed E-state index contributed by atoms with van der Waals surface area (Å²) in [6.07, 6.45) is 3.19. The predicted octanol–water partition coefficient (Wildman–Crippen LogP) is 2.21. The second-order valence-electron chi connectivity index (χ2n) is 3.59. The number of hydrogen-bond acceptors (Lipinski definition) is 3. The van der Waals surface area contributed by atoms with Crippen LogP contribution >= 0.6 is 15.9 Å². The molecule has 2 rings (SSSR count). The second-order valence-corrected chi connectivity index (χ2v) is 4.44. The van der Waals surface area contributed by atoms with Crippen LogP contribution in [-0.2, 0) is 11.3 Å². The second kappa shape index (κ2) is 5.72. The fourth-order valence-electron chi connectivity index (χ4n) is 1.36. The van der Waals surface area contributed by atoms with E-state index in [9.17, 15) is 9.18 Å². The molecule has 0 aliphatic rings. The lowest BCUT2D eigenvalue weighted by molar-refractivity contribution is -0.116. The standard InChI is InChI=1S/C11H10BrFN4O/c12-9-2-1-8(5-10(9)13)16-11(18)3-4-17-7-14-6-15-17/h1-2,5-7H,3-4H2,(H,16,18). The Morgan fingerprint density at radius 3 is 3.00 bits per heavy atom. The van der Waals surface area contributed by atoms with Crippen molar-refractivity contribution < 1.29 is 9.18 Å². The quantitative estimate of drug-likeness (QED) is 0.941. The minimum absolute atomic E-state index is 0.202. The maximum Gasteiger partial charge on any atom is 0.226 e. The first-order valence-corrected chi connectivity index (χ1v) is 6.02. The van der Waals surface area contributed by atoms with Gasteiger partial charge in [0.2, 0.25) is 5.91 Å². The zero-order valence-electron chi connectivity index (χ0n) is 9.31. The summed E-state index contributed by atoms with van der Waals surface area (Å²) in [7, 11) is 0. The molecular formula is C11H10BrFN4O. The lowest BCUT2D eigenvalue weighted by Gasteiger charge is -2.05. The van der Waals surface area contributed by atoms with E-state index in [2.05, 4.69) is 31.3 Å². The maximum absolute atomic E-state index is 13.2. The fourth-order valence-corrected chi connectivity index (χ4v) is 1.61. The van der Waals surface area contributed by atoms with Crippen molar-refractivity contribution in [3.63, 3.8) is 0 Å². The molecule has 0 saturated carbocycles. The van der Waals surface area contributed by atoms with Gasteiger partial charge in [-0.05, 0) is 34.1 Å². The molecule has 0 spiro atoms. The molecule has 0 atom stereocenters. The Morgan fingerprint density at radius 2 is 2.33 bits per heavy atom. The summed E-state index contributed by atoms with van der Waals surface area (Å²) in [6.45, 7) is 0.435. The first-order valence-electron chi connectivity index (χ1n) is 5.22. The number of aryl methyl sites for hydroxylation is 1.